The van der Waals surface area contributed by atoms with Crippen LogP contribution in [0.15, 0.2) is 77.8 Å². The molecule has 4 rings (SSSR count). The number of ketones is 1. The third-order valence-electron chi connectivity index (χ3n) is 6.41. The molecule has 5 heteroatoms. The summed E-state index contributed by atoms with van der Waals surface area (Å²) in [5.41, 5.74) is 4.86. The molecule has 174 valence electrons. The van der Waals surface area contributed by atoms with Crippen molar-refractivity contribution in [2.24, 2.45) is 4.99 Å². The second kappa shape index (κ2) is 11.3. The molecular formula is C29H29ClN2O2. The number of fused-ring (bicyclic) bond motifs is 1. The Morgan fingerprint density at radius 1 is 1.00 bits per heavy atom. The number of rotatable bonds is 10. The van der Waals surface area contributed by atoms with E-state index in [1.807, 2.05) is 67.7 Å². The van der Waals surface area contributed by atoms with E-state index in [4.69, 9.17) is 11.6 Å². The molecule has 3 aromatic rings. The molecule has 1 aliphatic heterocycles. The molecule has 0 spiro atoms. The molecule has 34 heavy (non-hydrogen) atoms. The monoisotopic (exact) mass is 472 g/mol. The molecule has 1 N–H and O–H groups in total. The summed E-state index contributed by atoms with van der Waals surface area (Å²) < 4.78 is 0. The zero-order valence-corrected chi connectivity index (χ0v) is 20.1. The highest BCUT2D eigenvalue weighted by Gasteiger charge is 2.28. The van der Waals surface area contributed by atoms with Gasteiger partial charge in [0.05, 0.1) is 12.6 Å². The predicted molar refractivity (Wildman–Crippen MR) is 138 cm³/mol. The number of carbonyl (C=O) groups is 2. The lowest BCUT2D eigenvalue weighted by Crippen LogP contribution is -2.44. The second-order valence-electron chi connectivity index (χ2n) is 8.83. The maximum Gasteiger partial charge on any atom is 0.251 e. The smallest absolute Gasteiger partial charge is 0.251 e. The topological polar surface area (TPSA) is 58.5 Å². The molecule has 1 aliphatic rings. The van der Waals surface area contributed by atoms with Gasteiger partial charge in [0.15, 0.2) is 5.78 Å². The Morgan fingerprint density at radius 2 is 1.76 bits per heavy atom. The number of aryl methyl sites for hydroxylation is 1. The van der Waals surface area contributed by atoms with Gasteiger partial charge in [0, 0.05) is 29.1 Å². The summed E-state index contributed by atoms with van der Waals surface area (Å²) in [6.07, 6.45) is 4.89. The van der Waals surface area contributed by atoms with Crippen LogP contribution in [-0.4, -0.2) is 23.9 Å². The fourth-order valence-corrected chi connectivity index (χ4v) is 4.47. The highest BCUT2D eigenvalue weighted by Crippen LogP contribution is 2.24. The minimum Gasteiger partial charge on any atom is -0.342 e. The van der Waals surface area contributed by atoms with Crippen molar-refractivity contribution >= 4 is 29.5 Å². The number of aliphatic imine (C=N–C) groups is 1. The Labute approximate surface area is 206 Å². The van der Waals surface area contributed by atoms with Crippen molar-refractivity contribution in [3.05, 3.63) is 106 Å². The molecule has 1 amide bonds. The fourth-order valence-electron chi connectivity index (χ4n) is 4.35. The fraction of sp³-hybridized carbons (Fsp3) is 0.276. The average Bonchev–Trinajstić information content (AvgIpc) is 3.33. The number of nitrogens with one attached hydrogen (secondary N) is 1. The number of halogens is 1. The van der Waals surface area contributed by atoms with Gasteiger partial charge in [0.2, 0.25) is 0 Å². The summed E-state index contributed by atoms with van der Waals surface area (Å²) in [5.74, 6) is -0.368. The number of Topliss-reactive ketones (excluding diaryl/α,β-unsaturated/α-hetero) is 1. The molecule has 0 radical (unpaired) electrons. The van der Waals surface area contributed by atoms with Crippen molar-refractivity contribution in [2.45, 2.75) is 51.1 Å². The van der Waals surface area contributed by atoms with Crippen LogP contribution in [0.3, 0.4) is 0 Å². The molecule has 1 unspecified atom stereocenters. The van der Waals surface area contributed by atoms with Gasteiger partial charge in [-0.2, -0.15) is 0 Å². The Morgan fingerprint density at radius 3 is 2.53 bits per heavy atom. The SMILES string of the molecule is CC(c1ccc(Cl)cc1)[C@H](NC(=O)c1ccc2c(c1)CN=C2)C(=O)CCCCc1ccccc1. The van der Waals surface area contributed by atoms with Crippen molar-refractivity contribution in [3.63, 3.8) is 0 Å². The van der Waals surface area contributed by atoms with Crippen LogP contribution in [0.1, 0.15) is 64.7 Å². The molecule has 0 aromatic heterocycles. The number of carbonyl (C=O) groups excluding carboxylic acids is 2. The number of unbranched alkanes of at least 4 members (excludes halogenated alkanes) is 1. The van der Waals surface area contributed by atoms with Crippen LogP contribution in [0.5, 0.6) is 0 Å². The Bertz CT molecular complexity index is 1170. The number of nitrogens with zero attached hydrogens (tertiary/aromatic N) is 1. The third-order valence-corrected chi connectivity index (χ3v) is 6.66. The lowest BCUT2D eigenvalue weighted by Gasteiger charge is -2.25. The zero-order chi connectivity index (χ0) is 23.9. The first kappa shape index (κ1) is 23.9. The number of hydrogen-bond donors (Lipinski definition) is 1. The normalized spacial score (nSPS) is 13.8. The lowest BCUT2D eigenvalue weighted by molar-refractivity contribution is -0.121. The van der Waals surface area contributed by atoms with Crippen LogP contribution in [0, 0.1) is 0 Å². The van der Waals surface area contributed by atoms with E-state index in [9.17, 15) is 9.59 Å². The zero-order valence-electron chi connectivity index (χ0n) is 19.3. The molecule has 0 saturated heterocycles. The van der Waals surface area contributed by atoms with Crippen molar-refractivity contribution in [1.82, 2.24) is 5.32 Å². The first-order chi connectivity index (χ1) is 16.5. The number of hydrogen-bond acceptors (Lipinski definition) is 3. The summed E-state index contributed by atoms with van der Waals surface area (Å²) in [4.78, 5) is 30.7. The maximum atomic E-state index is 13.3. The first-order valence-electron chi connectivity index (χ1n) is 11.8. The second-order valence-corrected chi connectivity index (χ2v) is 9.27. The van der Waals surface area contributed by atoms with Crippen molar-refractivity contribution in [3.8, 4) is 0 Å². The Kier molecular flexibility index (Phi) is 7.91. The van der Waals surface area contributed by atoms with Crippen molar-refractivity contribution in [1.29, 1.82) is 0 Å². The van der Waals surface area contributed by atoms with Crippen molar-refractivity contribution < 1.29 is 9.59 Å². The van der Waals surface area contributed by atoms with Gasteiger partial charge in [-0.1, -0.05) is 67.1 Å². The van der Waals surface area contributed by atoms with E-state index in [1.165, 1.54) is 5.56 Å². The van der Waals surface area contributed by atoms with Gasteiger partial charge in [-0.05, 0) is 65.8 Å². The number of amides is 1. The van der Waals surface area contributed by atoms with E-state index >= 15 is 0 Å². The summed E-state index contributed by atoms with van der Waals surface area (Å²) in [5, 5.41) is 3.68. The molecule has 0 fully saturated rings. The molecule has 4 nitrogen and oxygen atoms in total. The van der Waals surface area contributed by atoms with E-state index in [1.54, 1.807) is 6.07 Å². The highest BCUT2D eigenvalue weighted by molar-refractivity contribution is 6.30. The largest absolute Gasteiger partial charge is 0.342 e. The van der Waals surface area contributed by atoms with Gasteiger partial charge in [-0.25, -0.2) is 0 Å². The molecule has 0 bridgehead atoms. The van der Waals surface area contributed by atoms with Crippen LogP contribution in [-0.2, 0) is 17.8 Å². The van der Waals surface area contributed by atoms with E-state index in [-0.39, 0.29) is 17.6 Å². The summed E-state index contributed by atoms with van der Waals surface area (Å²) in [7, 11) is 0. The van der Waals surface area contributed by atoms with E-state index in [2.05, 4.69) is 22.4 Å². The minimum atomic E-state index is -0.616. The van der Waals surface area contributed by atoms with Gasteiger partial charge in [-0.3, -0.25) is 14.6 Å². The molecular weight excluding hydrogens is 444 g/mol. The van der Waals surface area contributed by atoms with Crippen LogP contribution >= 0.6 is 11.6 Å². The molecule has 0 saturated carbocycles. The third kappa shape index (κ3) is 6.00. The van der Waals surface area contributed by atoms with Crippen LogP contribution in [0.2, 0.25) is 5.02 Å². The van der Waals surface area contributed by atoms with E-state index in [0.717, 1.165) is 36.0 Å². The highest BCUT2D eigenvalue weighted by atomic mass is 35.5. The van der Waals surface area contributed by atoms with E-state index < -0.39 is 6.04 Å². The average molecular weight is 473 g/mol. The van der Waals surface area contributed by atoms with Gasteiger partial charge in [0.25, 0.3) is 5.91 Å². The van der Waals surface area contributed by atoms with Gasteiger partial charge in [-0.15, -0.1) is 0 Å². The minimum absolute atomic E-state index is 0.0494. The molecule has 3 aromatic carbocycles. The summed E-state index contributed by atoms with van der Waals surface area (Å²) in [6, 6.07) is 22.7. The summed E-state index contributed by atoms with van der Waals surface area (Å²) in [6.45, 7) is 2.56. The van der Waals surface area contributed by atoms with Gasteiger partial charge in [0.1, 0.15) is 0 Å². The maximum absolute atomic E-state index is 13.3. The summed E-state index contributed by atoms with van der Waals surface area (Å²) >= 11 is 6.06. The lowest BCUT2D eigenvalue weighted by atomic mass is 9.88. The molecule has 2 atom stereocenters. The van der Waals surface area contributed by atoms with Crippen LogP contribution in [0.4, 0.5) is 0 Å². The van der Waals surface area contributed by atoms with Crippen LogP contribution < -0.4 is 5.32 Å². The first-order valence-corrected chi connectivity index (χ1v) is 12.1. The quantitative estimate of drug-likeness (QED) is 0.359. The number of benzene rings is 3. The van der Waals surface area contributed by atoms with Gasteiger partial charge < -0.3 is 5.32 Å². The Hall–Kier alpha value is -3.24. The predicted octanol–water partition coefficient (Wildman–Crippen LogP) is 6.16. The van der Waals surface area contributed by atoms with E-state index in [0.29, 0.717) is 23.6 Å². The Balaban J connectivity index is 1.45. The van der Waals surface area contributed by atoms with Gasteiger partial charge >= 0.3 is 0 Å². The standard InChI is InChI=1S/C29H29ClN2O2/c1-20(22-13-15-26(30)16-14-22)28(27(33)10-6-5-9-21-7-3-2-4-8-21)32-29(34)23-11-12-24-18-31-19-25(24)17-23/h2-4,7-8,11-18,20,28H,5-6,9-10,19H2,1H3,(H,32,34)/t20?,28-/m0/s1. The van der Waals surface area contributed by atoms with Crippen LogP contribution in [0.25, 0.3) is 0 Å². The molecule has 0 aliphatic carbocycles. The van der Waals surface area contributed by atoms with Crippen molar-refractivity contribution in [2.75, 3.05) is 0 Å². The molecule has 1 heterocycles.